The molecule has 1 aromatic rings. The maximum absolute atomic E-state index is 10.0. The number of carbonyl (C=O) groups is 1. The van der Waals surface area contributed by atoms with Gasteiger partial charge in [0, 0.05) is 6.54 Å². The van der Waals surface area contributed by atoms with E-state index in [-0.39, 0.29) is 0 Å². The van der Waals surface area contributed by atoms with Crippen LogP contribution in [0.5, 0.6) is 0 Å². The average Bonchev–Trinajstić information content (AvgIpc) is 2.34. The predicted octanol–water partition coefficient (Wildman–Crippen LogP) is 0.0535. The van der Waals surface area contributed by atoms with Gasteiger partial charge in [0.25, 0.3) is 0 Å². The third-order valence-corrected chi connectivity index (χ3v) is 1.39. The summed E-state index contributed by atoms with van der Waals surface area (Å²) in [5.74, 6) is 0.486. The Balaban J connectivity index is 2.90. The second-order valence-corrected chi connectivity index (χ2v) is 2.02. The second kappa shape index (κ2) is 3.05. The monoisotopic (exact) mass is 154 g/mol. The Morgan fingerprint density at radius 2 is 2.64 bits per heavy atom. The first kappa shape index (κ1) is 7.59. The highest BCUT2D eigenvalue weighted by Gasteiger charge is 2.03. The molecule has 0 bridgehead atoms. The molecule has 0 radical (unpaired) electrons. The molecule has 0 saturated carbocycles. The molecule has 5 heteroatoms. The minimum atomic E-state index is 0.486. The van der Waals surface area contributed by atoms with Crippen LogP contribution in [0.4, 0.5) is 11.5 Å². The van der Waals surface area contributed by atoms with E-state index in [1.807, 2.05) is 6.92 Å². The number of amides is 1. The lowest BCUT2D eigenvalue weighted by Crippen LogP contribution is -2.03. The molecule has 0 saturated heterocycles. The van der Waals surface area contributed by atoms with Gasteiger partial charge in [0.1, 0.15) is 11.5 Å². The summed E-state index contributed by atoms with van der Waals surface area (Å²) in [7, 11) is 0. The van der Waals surface area contributed by atoms with Gasteiger partial charge in [-0.3, -0.25) is 4.79 Å². The van der Waals surface area contributed by atoms with Gasteiger partial charge in [-0.1, -0.05) is 0 Å². The number of nitrogens with two attached hydrogens (primary N) is 1. The van der Waals surface area contributed by atoms with Crippen LogP contribution in [0.25, 0.3) is 0 Å². The summed E-state index contributed by atoms with van der Waals surface area (Å²) in [6.07, 6.45) is 2.10. The number of aryl methyl sites for hydroxylation is 1. The van der Waals surface area contributed by atoms with Crippen molar-refractivity contribution in [3.8, 4) is 0 Å². The van der Waals surface area contributed by atoms with Crippen molar-refractivity contribution in [1.82, 2.24) is 9.78 Å². The van der Waals surface area contributed by atoms with Crippen molar-refractivity contribution in [3.63, 3.8) is 0 Å². The van der Waals surface area contributed by atoms with Crippen molar-refractivity contribution in [1.29, 1.82) is 0 Å². The predicted molar refractivity (Wildman–Crippen MR) is 42.0 cm³/mol. The van der Waals surface area contributed by atoms with Gasteiger partial charge < -0.3 is 11.1 Å². The Kier molecular flexibility index (Phi) is 2.10. The van der Waals surface area contributed by atoms with E-state index in [9.17, 15) is 4.79 Å². The van der Waals surface area contributed by atoms with Crippen molar-refractivity contribution in [2.45, 2.75) is 13.5 Å². The maximum Gasteiger partial charge on any atom is 0.211 e. The Bertz CT molecular complexity index is 255. The first-order valence-corrected chi connectivity index (χ1v) is 3.31. The van der Waals surface area contributed by atoms with Crippen molar-refractivity contribution in [2.75, 3.05) is 11.1 Å². The zero-order valence-electron chi connectivity index (χ0n) is 6.24. The highest BCUT2D eigenvalue weighted by atomic mass is 16.1. The molecule has 0 atom stereocenters. The fraction of sp³-hybridized carbons (Fsp3) is 0.333. The Labute approximate surface area is 64.2 Å². The normalized spacial score (nSPS) is 9.55. The van der Waals surface area contributed by atoms with Gasteiger partial charge in [0.15, 0.2) is 0 Å². The fourth-order valence-electron chi connectivity index (χ4n) is 0.821. The van der Waals surface area contributed by atoms with Crippen LogP contribution < -0.4 is 11.1 Å². The molecule has 60 valence electrons. The van der Waals surface area contributed by atoms with Crippen LogP contribution in [0, 0.1) is 0 Å². The van der Waals surface area contributed by atoms with Gasteiger partial charge in [0.2, 0.25) is 6.41 Å². The molecule has 0 aromatic carbocycles. The number of nitrogens with zero attached hydrogens (tertiary/aromatic N) is 2. The molecule has 1 rings (SSSR count). The molecule has 0 fully saturated rings. The molecule has 1 amide bonds. The number of rotatable bonds is 3. The standard InChI is InChI=1S/C6H10N4O/c1-2-10-6(7)5(3-9-10)8-4-11/h3-4H,2,7H2,1H3,(H,8,11). The number of aromatic nitrogens is 2. The van der Waals surface area contributed by atoms with Gasteiger partial charge in [-0.05, 0) is 6.92 Å². The van der Waals surface area contributed by atoms with Crippen LogP contribution in [-0.2, 0) is 11.3 Å². The molecule has 3 N–H and O–H groups in total. The van der Waals surface area contributed by atoms with Crippen molar-refractivity contribution >= 4 is 17.9 Å². The first-order valence-electron chi connectivity index (χ1n) is 3.31. The highest BCUT2D eigenvalue weighted by molar-refractivity contribution is 5.77. The van der Waals surface area contributed by atoms with Crippen LogP contribution in [0.2, 0.25) is 0 Å². The minimum Gasteiger partial charge on any atom is -0.382 e. The molecular formula is C6H10N4O. The smallest absolute Gasteiger partial charge is 0.211 e. The Morgan fingerprint density at radius 1 is 1.91 bits per heavy atom. The van der Waals surface area contributed by atoms with E-state index >= 15 is 0 Å². The van der Waals surface area contributed by atoms with Gasteiger partial charge in [-0.25, -0.2) is 4.68 Å². The molecule has 0 unspecified atom stereocenters. The number of nitrogens with one attached hydrogen (secondary N) is 1. The lowest BCUT2D eigenvalue weighted by atomic mass is 10.5. The summed E-state index contributed by atoms with van der Waals surface area (Å²) < 4.78 is 1.60. The molecule has 5 nitrogen and oxygen atoms in total. The van der Waals surface area contributed by atoms with E-state index in [1.165, 1.54) is 6.20 Å². The van der Waals surface area contributed by atoms with Crippen molar-refractivity contribution in [3.05, 3.63) is 6.20 Å². The molecular weight excluding hydrogens is 144 g/mol. The molecule has 1 heterocycles. The van der Waals surface area contributed by atoms with E-state index in [1.54, 1.807) is 4.68 Å². The molecule has 0 spiro atoms. The number of hydrogen-bond donors (Lipinski definition) is 2. The third-order valence-electron chi connectivity index (χ3n) is 1.39. The summed E-state index contributed by atoms with van der Waals surface area (Å²) in [5, 5.41) is 6.36. The molecule has 1 aromatic heterocycles. The summed E-state index contributed by atoms with van der Waals surface area (Å²) >= 11 is 0. The topological polar surface area (TPSA) is 72.9 Å². The Morgan fingerprint density at radius 3 is 3.09 bits per heavy atom. The molecule has 11 heavy (non-hydrogen) atoms. The number of carbonyl (C=O) groups excluding carboxylic acids is 1. The van der Waals surface area contributed by atoms with E-state index < -0.39 is 0 Å². The molecule has 0 aliphatic heterocycles. The van der Waals surface area contributed by atoms with Crippen LogP contribution in [0.15, 0.2) is 6.20 Å². The maximum atomic E-state index is 10.0. The fourth-order valence-corrected chi connectivity index (χ4v) is 0.821. The average molecular weight is 154 g/mol. The van der Waals surface area contributed by atoms with Crippen molar-refractivity contribution in [2.24, 2.45) is 0 Å². The SMILES string of the molecule is CCn1ncc(NC=O)c1N. The van der Waals surface area contributed by atoms with E-state index in [2.05, 4.69) is 10.4 Å². The van der Waals surface area contributed by atoms with Gasteiger partial charge >= 0.3 is 0 Å². The van der Waals surface area contributed by atoms with Crippen LogP contribution in [0.1, 0.15) is 6.92 Å². The first-order chi connectivity index (χ1) is 5.29. The Hall–Kier alpha value is -1.52. The minimum absolute atomic E-state index is 0.486. The van der Waals surface area contributed by atoms with Crippen LogP contribution in [-0.4, -0.2) is 16.2 Å². The van der Waals surface area contributed by atoms with E-state index in [4.69, 9.17) is 5.73 Å². The summed E-state index contributed by atoms with van der Waals surface area (Å²) in [4.78, 5) is 10.0. The van der Waals surface area contributed by atoms with Crippen LogP contribution in [0.3, 0.4) is 0 Å². The lowest BCUT2D eigenvalue weighted by Gasteiger charge is -1.99. The number of hydrogen-bond acceptors (Lipinski definition) is 3. The summed E-state index contributed by atoms with van der Waals surface area (Å²) in [6, 6.07) is 0. The molecule has 0 aliphatic carbocycles. The van der Waals surface area contributed by atoms with E-state index in [0.29, 0.717) is 24.5 Å². The van der Waals surface area contributed by atoms with Crippen LogP contribution >= 0.6 is 0 Å². The molecule has 0 aliphatic rings. The van der Waals surface area contributed by atoms with Crippen molar-refractivity contribution < 1.29 is 4.79 Å². The number of nitrogen functional groups attached to an aromatic ring is 1. The van der Waals surface area contributed by atoms with E-state index in [0.717, 1.165) is 0 Å². The van der Waals surface area contributed by atoms with Gasteiger partial charge in [-0.15, -0.1) is 0 Å². The summed E-state index contributed by atoms with van der Waals surface area (Å²) in [6.45, 7) is 2.63. The quantitative estimate of drug-likeness (QED) is 0.604. The zero-order valence-corrected chi connectivity index (χ0v) is 6.24. The second-order valence-electron chi connectivity index (χ2n) is 2.02. The van der Waals surface area contributed by atoms with Gasteiger partial charge in [-0.2, -0.15) is 5.10 Å². The lowest BCUT2D eigenvalue weighted by molar-refractivity contribution is -0.105. The summed E-state index contributed by atoms with van der Waals surface area (Å²) in [5.41, 5.74) is 6.14. The zero-order chi connectivity index (χ0) is 8.27. The number of anilines is 2. The van der Waals surface area contributed by atoms with Gasteiger partial charge in [0.05, 0.1) is 6.20 Å². The highest BCUT2D eigenvalue weighted by Crippen LogP contribution is 2.15. The largest absolute Gasteiger partial charge is 0.382 e. The third kappa shape index (κ3) is 1.31.